The summed E-state index contributed by atoms with van der Waals surface area (Å²) in [7, 11) is 0. The Labute approximate surface area is 185 Å². The fourth-order valence-corrected chi connectivity index (χ4v) is 4.24. The van der Waals surface area contributed by atoms with E-state index in [1.165, 1.54) is 6.07 Å². The van der Waals surface area contributed by atoms with Crippen LogP contribution in [0.25, 0.3) is 11.0 Å². The molecule has 0 radical (unpaired) electrons. The van der Waals surface area contributed by atoms with Crippen molar-refractivity contribution in [1.82, 2.24) is 5.32 Å². The number of aryl methyl sites for hydroxylation is 1. The van der Waals surface area contributed by atoms with E-state index in [1.54, 1.807) is 19.1 Å². The number of amides is 1. The van der Waals surface area contributed by atoms with Gasteiger partial charge in [0.1, 0.15) is 11.3 Å². The maximum atomic E-state index is 12.5. The first-order valence-electron chi connectivity index (χ1n) is 10.7. The topological polar surface area (TPSA) is 109 Å². The molecule has 31 heavy (non-hydrogen) atoms. The van der Waals surface area contributed by atoms with E-state index in [1.807, 2.05) is 6.92 Å². The summed E-state index contributed by atoms with van der Waals surface area (Å²) in [5.41, 5.74) is 0.789. The number of carboxylic acid groups (broad SMARTS) is 1. The highest BCUT2D eigenvalue weighted by Gasteiger charge is 2.24. The van der Waals surface area contributed by atoms with E-state index in [2.05, 4.69) is 5.32 Å². The van der Waals surface area contributed by atoms with Crippen molar-refractivity contribution in [3.05, 3.63) is 39.2 Å². The molecular weight excluding hydrogens is 422 g/mol. The number of carbonyl (C=O) groups is 2. The number of aliphatic carboxylic acids is 1. The minimum Gasteiger partial charge on any atom is -0.550 e. The molecule has 8 heteroatoms. The van der Waals surface area contributed by atoms with Gasteiger partial charge >= 0.3 is 5.63 Å². The molecule has 1 amide bonds. The van der Waals surface area contributed by atoms with Crippen molar-refractivity contribution < 1.29 is 23.8 Å². The van der Waals surface area contributed by atoms with Gasteiger partial charge in [0.15, 0.2) is 6.10 Å². The molecule has 168 valence electrons. The molecule has 1 aliphatic carbocycles. The summed E-state index contributed by atoms with van der Waals surface area (Å²) in [6.45, 7) is 4.11. The summed E-state index contributed by atoms with van der Waals surface area (Å²) in [4.78, 5) is 35.3. The standard InChI is InChI=1S/C23H28ClNO6/c1-3-4-16-9-21(26)31-19-11-20(18(24)10-17(16)19)30-13(2)22(27)25-12-14-5-7-15(8-6-14)23(28)29/h9-11,13-15H,3-8,12H2,1-2H3,(H,25,27)(H,28,29)/p-1/t13-,14?,15?/m1/s1. The average Bonchev–Trinajstić information content (AvgIpc) is 2.73. The van der Waals surface area contributed by atoms with Gasteiger partial charge in [-0.3, -0.25) is 4.79 Å². The van der Waals surface area contributed by atoms with Gasteiger partial charge in [-0.25, -0.2) is 4.79 Å². The van der Waals surface area contributed by atoms with Crippen LogP contribution in [0.15, 0.2) is 27.4 Å². The lowest BCUT2D eigenvalue weighted by Gasteiger charge is -2.29. The van der Waals surface area contributed by atoms with Crippen LogP contribution < -0.4 is 20.8 Å². The third kappa shape index (κ3) is 5.79. The summed E-state index contributed by atoms with van der Waals surface area (Å²) in [5, 5.41) is 14.9. The molecule has 3 rings (SSSR count). The molecule has 0 aliphatic heterocycles. The Morgan fingerprint density at radius 1 is 1.26 bits per heavy atom. The largest absolute Gasteiger partial charge is 0.550 e. The van der Waals surface area contributed by atoms with E-state index in [0.717, 1.165) is 36.6 Å². The maximum absolute atomic E-state index is 12.5. The highest BCUT2D eigenvalue weighted by Crippen LogP contribution is 2.32. The molecule has 1 atom stereocenters. The molecular formula is C23H27ClNO6-. The van der Waals surface area contributed by atoms with Gasteiger partial charge in [0.2, 0.25) is 0 Å². The first-order valence-corrected chi connectivity index (χ1v) is 11.1. The highest BCUT2D eigenvalue weighted by molar-refractivity contribution is 6.32. The summed E-state index contributed by atoms with van der Waals surface area (Å²) < 4.78 is 11.0. The molecule has 1 heterocycles. The molecule has 0 bridgehead atoms. The zero-order valence-corrected chi connectivity index (χ0v) is 18.5. The lowest BCUT2D eigenvalue weighted by Crippen LogP contribution is -2.40. The van der Waals surface area contributed by atoms with Gasteiger partial charge in [-0.2, -0.15) is 0 Å². The third-order valence-electron chi connectivity index (χ3n) is 5.82. The second-order valence-corrected chi connectivity index (χ2v) is 8.57. The summed E-state index contributed by atoms with van der Waals surface area (Å²) in [6.07, 6.45) is 3.43. The van der Waals surface area contributed by atoms with Gasteiger partial charge in [0.05, 0.1) is 5.02 Å². The van der Waals surface area contributed by atoms with Gasteiger partial charge in [-0.1, -0.05) is 24.9 Å². The molecule has 1 fully saturated rings. The second kappa shape index (κ2) is 10.2. The normalized spacial score (nSPS) is 19.7. The van der Waals surface area contributed by atoms with Gasteiger partial charge in [0, 0.05) is 30.0 Å². The Hall–Kier alpha value is -2.54. The summed E-state index contributed by atoms with van der Waals surface area (Å²) >= 11 is 6.37. The molecule has 1 N–H and O–H groups in total. The third-order valence-corrected chi connectivity index (χ3v) is 6.12. The minimum atomic E-state index is -0.991. The molecule has 0 saturated heterocycles. The molecule has 1 aromatic heterocycles. The first-order chi connectivity index (χ1) is 14.8. The van der Waals surface area contributed by atoms with Crippen LogP contribution >= 0.6 is 11.6 Å². The van der Waals surface area contributed by atoms with Crippen molar-refractivity contribution in [1.29, 1.82) is 0 Å². The Kier molecular flexibility index (Phi) is 7.59. The van der Waals surface area contributed by atoms with Crippen LogP contribution in [0.5, 0.6) is 5.75 Å². The number of carboxylic acids is 1. The molecule has 1 aliphatic rings. The van der Waals surface area contributed by atoms with Crippen LogP contribution in [0.4, 0.5) is 0 Å². The second-order valence-electron chi connectivity index (χ2n) is 8.16. The number of halogens is 1. The number of hydrogen-bond acceptors (Lipinski definition) is 6. The quantitative estimate of drug-likeness (QED) is 0.622. The smallest absolute Gasteiger partial charge is 0.336 e. The molecule has 2 aromatic rings. The van der Waals surface area contributed by atoms with Gasteiger partial charge in [-0.15, -0.1) is 0 Å². The number of carbonyl (C=O) groups excluding carboxylic acids is 2. The van der Waals surface area contributed by atoms with E-state index in [4.69, 9.17) is 20.8 Å². The van der Waals surface area contributed by atoms with E-state index >= 15 is 0 Å². The highest BCUT2D eigenvalue weighted by atomic mass is 35.5. The molecule has 0 unspecified atom stereocenters. The van der Waals surface area contributed by atoms with Crippen LogP contribution in [-0.2, 0) is 16.0 Å². The van der Waals surface area contributed by atoms with Crippen LogP contribution in [0, 0.1) is 11.8 Å². The SMILES string of the molecule is CCCc1cc(=O)oc2cc(O[C@H](C)C(=O)NCC3CCC(C(=O)[O-])CC3)c(Cl)cc12. The van der Waals surface area contributed by atoms with Crippen LogP contribution in [0.2, 0.25) is 5.02 Å². The van der Waals surface area contributed by atoms with Crippen molar-refractivity contribution in [2.45, 2.75) is 58.5 Å². The fraction of sp³-hybridized carbons (Fsp3) is 0.522. The van der Waals surface area contributed by atoms with Crippen molar-refractivity contribution >= 4 is 34.4 Å². The molecule has 1 saturated carbocycles. The van der Waals surface area contributed by atoms with Crippen LogP contribution in [0.1, 0.15) is 51.5 Å². The number of ether oxygens (including phenoxy) is 1. The van der Waals surface area contributed by atoms with Crippen LogP contribution in [0.3, 0.4) is 0 Å². The van der Waals surface area contributed by atoms with Crippen molar-refractivity contribution in [2.75, 3.05) is 6.54 Å². The van der Waals surface area contributed by atoms with Crippen molar-refractivity contribution in [3.8, 4) is 5.75 Å². The Balaban J connectivity index is 1.62. The van der Waals surface area contributed by atoms with E-state index in [-0.39, 0.29) is 23.5 Å². The molecule has 0 spiro atoms. The van der Waals surface area contributed by atoms with Gasteiger partial charge in [0.25, 0.3) is 5.91 Å². The van der Waals surface area contributed by atoms with Crippen molar-refractivity contribution in [2.24, 2.45) is 11.8 Å². The van der Waals surface area contributed by atoms with Gasteiger partial charge < -0.3 is 24.4 Å². The monoisotopic (exact) mass is 448 g/mol. The molecule has 7 nitrogen and oxygen atoms in total. The zero-order chi connectivity index (χ0) is 22.5. The number of rotatable bonds is 8. The zero-order valence-electron chi connectivity index (χ0n) is 17.7. The predicted octanol–water partition coefficient (Wildman–Crippen LogP) is 2.84. The maximum Gasteiger partial charge on any atom is 0.336 e. The predicted molar refractivity (Wildman–Crippen MR) is 115 cm³/mol. The lowest BCUT2D eigenvalue weighted by molar-refractivity contribution is -0.312. The fourth-order valence-electron chi connectivity index (χ4n) is 4.03. The van der Waals surface area contributed by atoms with E-state index in [0.29, 0.717) is 30.0 Å². The average molecular weight is 449 g/mol. The summed E-state index contributed by atoms with van der Waals surface area (Å²) in [5.74, 6) is -1.17. The number of nitrogens with one attached hydrogen (secondary N) is 1. The number of benzene rings is 1. The van der Waals surface area contributed by atoms with Gasteiger partial charge in [-0.05, 0) is 62.5 Å². The van der Waals surface area contributed by atoms with E-state index < -0.39 is 17.7 Å². The first kappa shape index (κ1) is 23.1. The van der Waals surface area contributed by atoms with E-state index in [9.17, 15) is 19.5 Å². The summed E-state index contributed by atoms with van der Waals surface area (Å²) in [6, 6.07) is 4.71. The Morgan fingerprint density at radius 3 is 2.61 bits per heavy atom. The molecule has 1 aromatic carbocycles. The number of hydrogen-bond donors (Lipinski definition) is 1. The Morgan fingerprint density at radius 2 is 1.97 bits per heavy atom. The van der Waals surface area contributed by atoms with Crippen molar-refractivity contribution in [3.63, 3.8) is 0 Å². The number of fused-ring (bicyclic) bond motifs is 1. The van der Waals surface area contributed by atoms with Crippen LogP contribution in [-0.4, -0.2) is 24.5 Å². The Bertz CT molecular complexity index is 1010. The lowest BCUT2D eigenvalue weighted by atomic mass is 9.82. The minimum absolute atomic E-state index is 0.238.